The molecule has 1 atom stereocenters. The molecule has 5 heteroatoms. The van der Waals surface area contributed by atoms with Gasteiger partial charge in [0, 0.05) is 15.9 Å². The molecular weight excluding hydrogens is 310 g/mol. The minimum absolute atomic E-state index is 0.279. The summed E-state index contributed by atoms with van der Waals surface area (Å²) in [5, 5.41) is 13.6. The van der Waals surface area contributed by atoms with Crippen LogP contribution in [0, 0.1) is 0 Å². The molecule has 100 valence electrons. The van der Waals surface area contributed by atoms with E-state index in [-0.39, 0.29) is 6.04 Å². The minimum atomic E-state index is -1.17. The second kappa shape index (κ2) is 4.35. The lowest BCUT2D eigenvalue weighted by Gasteiger charge is -2.23. The van der Waals surface area contributed by atoms with Gasteiger partial charge in [0.1, 0.15) is 11.3 Å². The van der Waals surface area contributed by atoms with Crippen LogP contribution in [0.1, 0.15) is 25.5 Å². The zero-order chi connectivity index (χ0) is 13.6. The Bertz CT molecular complexity index is 647. The molecule has 1 fully saturated rings. The second-order valence-corrected chi connectivity index (χ2v) is 6.06. The van der Waals surface area contributed by atoms with Gasteiger partial charge in [-0.2, -0.15) is 0 Å². The van der Waals surface area contributed by atoms with E-state index in [2.05, 4.69) is 21.2 Å². The van der Waals surface area contributed by atoms with Crippen molar-refractivity contribution in [2.45, 2.75) is 31.3 Å². The maximum Gasteiger partial charge on any atom is 0.331 e. The number of nitrogens with one attached hydrogen (secondary N) is 1. The highest BCUT2D eigenvalue weighted by molar-refractivity contribution is 9.10. The fourth-order valence-electron chi connectivity index (χ4n) is 2.13. The number of hydrogen-bond acceptors (Lipinski definition) is 3. The first-order valence-corrected chi connectivity index (χ1v) is 6.99. The van der Waals surface area contributed by atoms with Crippen LogP contribution < -0.4 is 5.32 Å². The molecule has 1 heterocycles. The van der Waals surface area contributed by atoms with E-state index < -0.39 is 11.5 Å². The Labute approximate surface area is 118 Å². The minimum Gasteiger partial charge on any atom is -0.480 e. The maximum absolute atomic E-state index is 11.6. The predicted molar refractivity (Wildman–Crippen MR) is 75.1 cm³/mol. The molecule has 0 aliphatic heterocycles. The molecule has 3 rings (SSSR count). The summed E-state index contributed by atoms with van der Waals surface area (Å²) < 4.78 is 6.66. The van der Waals surface area contributed by atoms with Gasteiger partial charge >= 0.3 is 5.97 Å². The van der Waals surface area contributed by atoms with E-state index in [1.54, 1.807) is 13.0 Å². The van der Waals surface area contributed by atoms with Crippen LogP contribution in [0.4, 0.5) is 0 Å². The monoisotopic (exact) mass is 323 g/mol. The van der Waals surface area contributed by atoms with Crippen LogP contribution in [0.3, 0.4) is 0 Å². The fourth-order valence-corrected chi connectivity index (χ4v) is 2.51. The Balaban J connectivity index is 2.06. The van der Waals surface area contributed by atoms with Crippen LogP contribution in [0.15, 0.2) is 33.2 Å². The smallest absolute Gasteiger partial charge is 0.331 e. The Morgan fingerprint density at radius 3 is 2.84 bits per heavy atom. The Morgan fingerprint density at radius 1 is 1.47 bits per heavy atom. The maximum atomic E-state index is 11.6. The number of hydrogen-bond donors (Lipinski definition) is 2. The Morgan fingerprint density at radius 2 is 2.21 bits per heavy atom. The molecule has 4 nitrogen and oxygen atoms in total. The van der Waals surface area contributed by atoms with E-state index in [9.17, 15) is 9.90 Å². The van der Waals surface area contributed by atoms with E-state index in [4.69, 9.17) is 4.42 Å². The van der Waals surface area contributed by atoms with Gasteiger partial charge in [0.2, 0.25) is 0 Å². The van der Waals surface area contributed by atoms with Crippen molar-refractivity contribution >= 4 is 32.9 Å². The summed E-state index contributed by atoms with van der Waals surface area (Å²) in [7, 11) is 0. The number of aliphatic carboxylic acids is 1. The van der Waals surface area contributed by atoms with Gasteiger partial charge in [0.05, 0.1) is 0 Å². The molecule has 1 aliphatic rings. The molecule has 0 spiro atoms. The molecule has 1 unspecified atom stereocenters. The first-order valence-electron chi connectivity index (χ1n) is 6.20. The van der Waals surface area contributed by atoms with Crippen molar-refractivity contribution in [2.24, 2.45) is 0 Å². The van der Waals surface area contributed by atoms with E-state index in [1.165, 1.54) is 0 Å². The molecule has 1 aromatic heterocycles. The molecule has 0 amide bonds. The number of carbonyl (C=O) groups is 1. The van der Waals surface area contributed by atoms with Crippen LogP contribution in [-0.2, 0) is 10.3 Å². The number of benzene rings is 1. The number of furan rings is 1. The zero-order valence-corrected chi connectivity index (χ0v) is 12.0. The van der Waals surface area contributed by atoms with Crippen LogP contribution in [-0.4, -0.2) is 17.1 Å². The van der Waals surface area contributed by atoms with Crippen molar-refractivity contribution in [3.63, 3.8) is 0 Å². The quantitative estimate of drug-likeness (QED) is 0.906. The molecule has 1 saturated carbocycles. The SMILES string of the molecule is CC(NC1CC1)(C(=O)O)c1cc2cc(Br)ccc2o1. The summed E-state index contributed by atoms with van der Waals surface area (Å²) in [6.45, 7) is 1.65. The van der Waals surface area contributed by atoms with Crippen molar-refractivity contribution in [3.8, 4) is 0 Å². The predicted octanol–water partition coefficient (Wildman–Crippen LogP) is 3.25. The summed E-state index contributed by atoms with van der Waals surface area (Å²) in [6, 6.07) is 7.71. The highest BCUT2D eigenvalue weighted by atomic mass is 79.9. The summed E-state index contributed by atoms with van der Waals surface area (Å²) in [4.78, 5) is 11.6. The van der Waals surface area contributed by atoms with Gasteiger partial charge in [-0.1, -0.05) is 15.9 Å². The molecule has 0 saturated heterocycles. The molecule has 2 aromatic rings. The molecule has 1 aromatic carbocycles. The molecule has 0 bridgehead atoms. The highest BCUT2D eigenvalue weighted by Gasteiger charge is 2.42. The Hall–Kier alpha value is -1.33. The second-order valence-electron chi connectivity index (χ2n) is 5.14. The summed E-state index contributed by atoms with van der Waals surface area (Å²) in [5.41, 5.74) is -0.476. The van der Waals surface area contributed by atoms with Crippen molar-refractivity contribution in [3.05, 3.63) is 34.5 Å². The van der Waals surface area contributed by atoms with Crippen molar-refractivity contribution < 1.29 is 14.3 Å². The lowest BCUT2D eigenvalue weighted by atomic mass is 9.98. The largest absolute Gasteiger partial charge is 0.480 e. The van der Waals surface area contributed by atoms with Crippen LogP contribution in [0.5, 0.6) is 0 Å². The Kier molecular flexibility index (Phi) is 2.91. The van der Waals surface area contributed by atoms with Crippen molar-refractivity contribution in [1.29, 1.82) is 0 Å². The first-order chi connectivity index (χ1) is 8.99. The van der Waals surface area contributed by atoms with Gasteiger partial charge in [-0.3, -0.25) is 5.32 Å². The number of halogens is 1. The van der Waals surface area contributed by atoms with Crippen molar-refractivity contribution in [1.82, 2.24) is 5.32 Å². The van der Waals surface area contributed by atoms with Gasteiger partial charge in [0.25, 0.3) is 0 Å². The normalized spacial score (nSPS) is 18.4. The average Bonchev–Trinajstić information content (AvgIpc) is 3.05. The summed E-state index contributed by atoms with van der Waals surface area (Å²) >= 11 is 3.40. The molecule has 19 heavy (non-hydrogen) atoms. The molecule has 1 aliphatic carbocycles. The third-order valence-corrected chi connectivity index (χ3v) is 3.96. The van der Waals surface area contributed by atoms with Crippen LogP contribution in [0.2, 0.25) is 0 Å². The lowest BCUT2D eigenvalue weighted by molar-refractivity contribution is -0.145. The molecule has 0 radical (unpaired) electrons. The van der Waals surface area contributed by atoms with Gasteiger partial charge in [-0.05, 0) is 44.0 Å². The van der Waals surface area contributed by atoms with E-state index in [1.807, 2.05) is 18.2 Å². The standard InChI is InChI=1S/C14H14BrNO3/c1-14(13(17)18,16-10-3-4-10)12-7-8-6-9(15)2-5-11(8)19-12/h2,5-7,10,16H,3-4H2,1H3,(H,17,18). The zero-order valence-electron chi connectivity index (χ0n) is 10.4. The molecule has 2 N–H and O–H groups in total. The average molecular weight is 324 g/mol. The summed E-state index contributed by atoms with van der Waals surface area (Å²) in [6.07, 6.45) is 2.04. The third kappa shape index (κ3) is 2.28. The number of carboxylic acids is 1. The van der Waals surface area contributed by atoms with Gasteiger partial charge < -0.3 is 9.52 Å². The molecular formula is C14H14BrNO3. The van der Waals surface area contributed by atoms with Gasteiger partial charge in [0.15, 0.2) is 5.54 Å². The summed E-state index contributed by atoms with van der Waals surface area (Å²) in [5.74, 6) is -0.475. The number of rotatable bonds is 4. The van der Waals surface area contributed by atoms with Gasteiger partial charge in [-0.15, -0.1) is 0 Å². The highest BCUT2D eigenvalue weighted by Crippen LogP contribution is 2.33. The lowest BCUT2D eigenvalue weighted by Crippen LogP contribution is -2.47. The van der Waals surface area contributed by atoms with E-state index in [0.29, 0.717) is 11.3 Å². The van der Waals surface area contributed by atoms with E-state index >= 15 is 0 Å². The van der Waals surface area contributed by atoms with Gasteiger partial charge in [-0.25, -0.2) is 4.79 Å². The third-order valence-electron chi connectivity index (χ3n) is 3.47. The number of carboxylic acid groups (broad SMARTS) is 1. The topological polar surface area (TPSA) is 62.5 Å². The number of fused-ring (bicyclic) bond motifs is 1. The first kappa shape index (κ1) is 12.7. The van der Waals surface area contributed by atoms with Crippen LogP contribution >= 0.6 is 15.9 Å². The van der Waals surface area contributed by atoms with Crippen LogP contribution in [0.25, 0.3) is 11.0 Å². The fraction of sp³-hybridized carbons (Fsp3) is 0.357. The van der Waals surface area contributed by atoms with E-state index in [0.717, 1.165) is 22.7 Å². The van der Waals surface area contributed by atoms with Crippen molar-refractivity contribution in [2.75, 3.05) is 0 Å².